The fraction of sp³-hybridized carbons (Fsp3) is 0.238. The highest BCUT2D eigenvalue weighted by Crippen LogP contribution is 2.44. The monoisotopic (exact) mass is 507 g/mol. The molecule has 0 aliphatic carbocycles. The Balaban J connectivity index is 2.42. The third-order valence-corrected chi connectivity index (χ3v) is 5.74. The zero-order valence-corrected chi connectivity index (χ0v) is 18.7. The van der Waals surface area contributed by atoms with Crippen molar-refractivity contribution >= 4 is 43.9 Å². The topological polar surface area (TPSA) is 68.6 Å². The minimum atomic E-state index is -0.671. The van der Waals surface area contributed by atoms with Gasteiger partial charge in [0, 0.05) is 4.47 Å². The van der Waals surface area contributed by atoms with Gasteiger partial charge >= 0.3 is 5.97 Å². The molecule has 0 unspecified atom stereocenters. The summed E-state index contributed by atoms with van der Waals surface area (Å²) in [6, 6.07) is 13.4. The summed E-state index contributed by atoms with van der Waals surface area (Å²) in [6.45, 7) is 4.55. The van der Waals surface area contributed by atoms with Gasteiger partial charge in [0.1, 0.15) is 18.2 Å². The maximum atomic E-state index is 11.9. The highest BCUT2D eigenvalue weighted by atomic mass is 79.9. The maximum Gasteiger partial charge on any atom is 0.348 e. The summed E-state index contributed by atoms with van der Waals surface area (Å²) < 4.78 is 17.9. The van der Waals surface area contributed by atoms with E-state index in [0.29, 0.717) is 39.2 Å². The number of benzene rings is 2. The molecule has 146 valence electrons. The quantitative estimate of drug-likeness (QED) is 0.261. The van der Waals surface area contributed by atoms with Gasteiger partial charge in [0.2, 0.25) is 0 Å². The van der Waals surface area contributed by atoms with Gasteiger partial charge in [0.05, 0.1) is 17.7 Å². The maximum absolute atomic E-state index is 11.9. The molecule has 0 aliphatic heterocycles. The van der Waals surface area contributed by atoms with Gasteiger partial charge < -0.3 is 14.2 Å². The first kappa shape index (κ1) is 22.0. The Bertz CT molecular complexity index is 905. The lowest BCUT2D eigenvalue weighted by Gasteiger charge is -2.16. The Kier molecular flexibility index (Phi) is 8.55. The molecule has 0 aliphatic rings. The second-order valence-corrected chi connectivity index (χ2v) is 7.10. The molecule has 2 aromatic rings. The van der Waals surface area contributed by atoms with Gasteiger partial charge in [-0.25, -0.2) is 4.79 Å². The van der Waals surface area contributed by atoms with Crippen LogP contribution in [-0.4, -0.2) is 19.2 Å². The molecule has 0 spiro atoms. The Hall–Kier alpha value is -2.30. The van der Waals surface area contributed by atoms with Crippen LogP contribution in [0.4, 0.5) is 0 Å². The predicted octanol–water partition coefficient (Wildman–Crippen LogP) is 5.66. The number of carbonyl (C=O) groups is 1. The van der Waals surface area contributed by atoms with Crippen molar-refractivity contribution in [2.75, 3.05) is 13.2 Å². The lowest BCUT2D eigenvalue weighted by molar-refractivity contribution is -0.137. The standard InChI is InChI=1S/C21H19Br2NO4/c1-3-26-17-11-15(10-16(12-24)21(25)27-4-2)18(22)19(23)20(17)28-13-14-8-6-5-7-9-14/h5-11H,3-4,13H2,1-2H3/b16-10+. The summed E-state index contributed by atoms with van der Waals surface area (Å²) in [7, 11) is 0. The van der Waals surface area contributed by atoms with E-state index < -0.39 is 5.97 Å². The Morgan fingerprint density at radius 2 is 1.82 bits per heavy atom. The van der Waals surface area contributed by atoms with Crippen molar-refractivity contribution in [1.82, 2.24) is 0 Å². The molecule has 0 amide bonds. The van der Waals surface area contributed by atoms with E-state index in [1.165, 1.54) is 6.08 Å². The van der Waals surface area contributed by atoms with Gasteiger partial charge in [-0.15, -0.1) is 0 Å². The molecule has 0 fully saturated rings. The van der Waals surface area contributed by atoms with Crippen molar-refractivity contribution in [1.29, 1.82) is 5.26 Å². The van der Waals surface area contributed by atoms with Gasteiger partial charge in [-0.2, -0.15) is 5.26 Å². The number of hydrogen-bond donors (Lipinski definition) is 0. The number of halogens is 2. The zero-order chi connectivity index (χ0) is 20.5. The second kappa shape index (κ2) is 10.9. The van der Waals surface area contributed by atoms with E-state index in [-0.39, 0.29) is 12.2 Å². The van der Waals surface area contributed by atoms with Crippen molar-refractivity contribution < 1.29 is 19.0 Å². The Labute approximate surface area is 181 Å². The second-order valence-electron chi connectivity index (χ2n) is 5.52. The summed E-state index contributed by atoms with van der Waals surface area (Å²) >= 11 is 7.02. The van der Waals surface area contributed by atoms with E-state index in [1.807, 2.05) is 43.3 Å². The summed E-state index contributed by atoms with van der Waals surface area (Å²) in [6.07, 6.45) is 1.45. The number of carbonyl (C=O) groups excluding carboxylic acids is 1. The predicted molar refractivity (Wildman–Crippen MR) is 114 cm³/mol. The number of esters is 1. The summed E-state index contributed by atoms with van der Waals surface area (Å²) in [4.78, 5) is 11.9. The molecule has 0 saturated heterocycles. The normalized spacial score (nSPS) is 10.9. The number of ether oxygens (including phenoxy) is 3. The minimum absolute atomic E-state index is 0.102. The SMILES string of the molecule is CCOC(=O)/C(C#N)=C/c1cc(OCC)c(OCc2ccccc2)c(Br)c1Br. The third kappa shape index (κ3) is 5.60. The summed E-state index contributed by atoms with van der Waals surface area (Å²) in [5.41, 5.74) is 1.51. The fourth-order valence-corrected chi connectivity index (χ4v) is 3.29. The molecule has 28 heavy (non-hydrogen) atoms. The molecule has 0 bridgehead atoms. The zero-order valence-electron chi connectivity index (χ0n) is 15.5. The molecule has 0 radical (unpaired) electrons. The van der Waals surface area contributed by atoms with Crippen LogP contribution in [0.3, 0.4) is 0 Å². The van der Waals surface area contributed by atoms with Gasteiger partial charge in [0.15, 0.2) is 11.5 Å². The van der Waals surface area contributed by atoms with Crippen LogP contribution in [-0.2, 0) is 16.1 Å². The van der Waals surface area contributed by atoms with E-state index in [2.05, 4.69) is 31.9 Å². The number of hydrogen-bond acceptors (Lipinski definition) is 5. The van der Waals surface area contributed by atoms with Gasteiger partial charge in [-0.3, -0.25) is 0 Å². The first-order chi connectivity index (χ1) is 13.5. The lowest BCUT2D eigenvalue weighted by atomic mass is 10.1. The molecule has 0 atom stereocenters. The van der Waals surface area contributed by atoms with Crippen molar-refractivity contribution in [3.63, 3.8) is 0 Å². The number of nitrogens with zero attached hydrogens (tertiary/aromatic N) is 1. The molecule has 2 rings (SSSR count). The molecule has 2 aromatic carbocycles. The largest absolute Gasteiger partial charge is 0.490 e. The van der Waals surface area contributed by atoms with Crippen LogP contribution in [0.1, 0.15) is 25.0 Å². The molecule has 0 N–H and O–H groups in total. The average Bonchev–Trinajstić information content (AvgIpc) is 2.70. The Morgan fingerprint density at radius 1 is 1.11 bits per heavy atom. The molecule has 7 heteroatoms. The van der Waals surface area contributed by atoms with Crippen LogP contribution in [0.25, 0.3) is 6.08 Å². The molecule has 0 aromatic heterocycles. The van der Waals surface area contributed by atoms with E-state index in [4.69, 9.17) is 14.2 Å². The number of nitriles is 1. The van der Waals surface area contributed by atoms with E-state index in [0.717, 1.165) is 5.56 Å². The average molecular weight is 509 g/mol. The molecule has 0 saturated carbocycles. The first-order valence-corrected chi connectivity index (χ1v) is 10.2. The van der Waals surface area contributed by atoms with E-state index in [1.54, 1.807) is 13.0 Å². The molecular weight excluding hydrogens is 490 g/mol. The lowest BCUT2D eigenvalue weighted by Crippen LogP contribution is -2.06. The van der Waals surface area contributed by atoms with Crippen LogP contribution in [0.2, 0.25) is 0 Å². The van der Waals surface area contributed by atoms with Crippen LogP contribution >= 0.6 is 31.9 Å². The fourth-order valence-electron chi connectivity index (χ4n) is 2.34. The van der Waals surface area contributed by atoms with Crippen LogP contribution < -0.4 is 9.47 Å². The van der Waals surface area contributed by atoms with Crippen molar-refractivity contribution in [3.05, 3.63) is 62.0 Å². The number of rotatable bonds is 8. The van der Waals surface area contributed by atoms with Crippen molar-refractivity contribution in [3.8, 4) is 17.6 Å². The van der Waals surface area contributed by atoms with Crippen LogP contribution in [0.5, 0.6) is 11.5 Å². The Morgan fingerprint density at radius 3 is 2.43 bits per heavy atom. The van der Waals surface area contributed by atoms with E-state index in [9.17, 15) is 10.1 Å². The molecular formula is C21H19Br2NO4. The molecule has 5 nitrogen and oxygen atoms in total. The highest BCUT2D eigenvalue weighted by Gasteiger charge is 2.19. The smallest absolute Gasteiger partial charge is 0.348 e. The minimum Gasteiger partial charge on any atom is -0.490 e. The molecule has 0 heterocycles. The van der Waals surface area contributed by atoms with Crippen molar-refractivity contribution in [2.24, 2.45) is 0 Å². The first-order valence-electron chi connectivity index (χ1n) is 8.62. The summed E-state index contributed by atoms with van der Waals surface area (Å²) in [5.74, 6) is 0.362. The van der Waals surface area contributed by atoms with Gasteiger partial charge in [-0.1, -0.05) is 30.3 Å². The van der Waals surface area contributed by atoms with Gasteiger partial charge in [-0.05, 0) is 69.0 Å². The van der Waals surface area contributed by atoms with Crippen molar-refractivity contribution in [2.45, 2.75) is 20.5 Å². The van der Waals surface area contributed by atoms with Crippen LogP contribution in [0.15, 0.2) is 50.9 Å². The highest BCUT2D eigenvalue weighted by molar-refractivity contribution is 9.13. The van der Waals surface area contributed by atoms with Gasteiger partial charge in [0.25, 0.3) is 0 Å². The third-order valence-electron chi connectivity index (χ3n) is 3.60. The van der Waals surface area contributed by atoms with Crippen LogP contribution in [0, 0.1) is 11.3 Å². The summed E-state index contributed by atoms with van der Waals surface area (Å²) in [5, 5.41) is 9.28. The van der Waals surface area contributed by atoms with E-state index >= 15 is 0 Å².